The first-order valence-corrected chi connectivity index (χ1v) is 9.94. The Morgan fingerprint density at radius 2 is 1.92 bits per heavy atom. The number of carbonyl (C=O) groups is 1. The van der Waals surface area contributed by atoms with Crippen molar-refractivity contribution in [2.75, 3.05) is 13.9 Å². The molecular formula is C22H29O3P. The van der Waals surface area contributed by atoms with Crippen molar-refractivity contribution in [1.82, 2.24) is 0 Å². The van der Waals surface area contributed by atoms with Crippen molar-refractivity contribution in [1.29, 1.82) is 0 Å². The SMILES string of the molecule is CCC(C)(Pc1ccc(C)cc1C(C)=O)c1cccc(C)c1OCOC. The summed E-state index contributed by atoms with van der Waals surface area (Å²) >= 11 is 0. The van der Waals surface area contributed by atoms with Gasteiger partial charge in [-0.2, -0.15) is 0 Å². The molecule has 0 heterocycles. The first-order chi connectivity index (χ1) is 12.3. The maximum Gasteiger partial charge on any atom is 0.188 e. The van der Waals surface area contributed by atoms with Crippen LogP contribution in [0.15, 0.2) is 36.4 Å². The number of hydrogen-bond acceptors (Lipinski definition) is 3. The molecule has 2 rings (SSSR count). The molecule has 3 nitrogen and oxygen atoms in total. The second kappa shape index (κ2) is 8.79. The van der Waals surface area contributed by atoms with Gasteiger partial charge in [-0.05, 0) is 44.1 Å². The molecule has 0 spiro atoms. The van der Waals surface area contributed by atoms with Crippen molar-refractivity contribution in [2.24, 2.45) is 0 Å². The summed E-state index contributed by atoms with van der Waals surface area (Å²) < 4.78 is 11.0. The number of ether oxygens (including phenoxy) is 2. The van der Waals surface area contributed by atoms with Crippen LogP contribution in [0.5, 0.6) is 5.75 Å². The van der Waals surface area contributed by atoms with Crippen LogP contribution in [0.2, 0.25) is 0 Å². The van der Waals surface area contributed by atoms with E-state index in [2.05, 4.69) is 51.1 Å². The van der Waals surface area contributed by atoms with E-state index >= 15 is 0 Å². The zero-order valence-corrected chi connectivity index (χ0v) is 17.6. The van der Waals surface area contributed by atoms with Crippen LogP contribution in [0.4, 0.5) is 0 Å². The van der Waals surface area contributed by atoms with Gasteiger partial charge in [-0.3, -0.25) is 4.79 Å². The predicted molar refractivity (Wildman–Crippen MR) is 110 cm³/mol. The third kappa shape index (κ3) is 4.52. The van der Waals surface area contributed by atoms with Crippen LogP contribution < -0.4 is 10.0 Å². The van der Waals surface area contributed by atoms with Gasteiger partial charge in [-0.15, -0.1) is 0 Å². The maximum absolute atomic E-state index is 12.2. The van der Waals surface area contributed by atoms with E-state index in [0.29, 0.717) is 8.58 Å². The molecule has 0 fully saturated rings. The fraction of sp³-hybridized carbons (Fsp3) is 0.409. The molecule has 4 heteroatoms. The molecule has 0 saturated carbocycles. The molecule has 0 saturated heterocycles. The molecule has 0 aliphatic heterocycles. The Morgan fingerprint density at radius 3 is 2.54 bits per heavy atom. The minimum Gasteiger partial charge on any atom is -0.467 e. The lowest BCUT2D eigenvalue weighted by molar-refractivity contribution is 0.0495. The zero-order valence-electron chi connectivity index (χ0n) is 16.6. The molecule has 140 valence electrons. The van der Waals surface area contributed by atoms with Crippen LogP contribution in [-0.2, 0) is 9.89 Å². The normalized spacial score (nSPS) is 13.8. The molecule has 0 aliphatic rings. The molecular weight excluding hydrogens is 343 g/mol. The minimum absolute atomic E-state index is 0.117. The van der Waals surface area contributed by atoms with E-state index < -0.39 is 0 Å². The van der Waals surface area contributed by atoms with Crippen molar-refractivity contribution in [3.63, 3.8) is 0 Å². The number of aryl methyl sites for hydroxylation is 2. The van der Waals surface area contributed by atoms with Gasteiger partial charge in [0.1, 0.15) is 5.75 Å². The molecule has 2 aromatic carbocycles. The van der Waals surface area contributed by atoms with Crippen molar-refractivity contribution in [3.05, 3.63) is 58.7 Å². The molecule has 2 atom stereocenters. The lowest BCUT2D eigenvalue weighted by Crippen LogP contribution is -2.22. The van der Waals surface area contributed by atoms with Crippen LogP contribution >= 0.6 is 8.58 Å². The number of methoxy groups -OCH3 is 1. The lowest BCUT2D eigenvalue weighted by atomic mass is 9.94. The number of benzene rings is 2. The summed E-state index contributed by atoms with van der Waals surface area (Å²) in [5.41, 5.74) is 4.21. The number of para-hydroxylation sites is 1. The van der Waals surface area contributed by atoms with E-state index in [4.69, 9.17) is 9.47 Å². The largest absolute Gasteiger partial charge is 0.467 e. The summed E-state index contributed by atoms with van der Waals surface area (Å²) in [7, 11) is 2.10. The highest BCUT2D eigenvalue weighted by Gasteiger charge is 2.30. The van der Waals surface area contributed by atoms with Gasteiger partial charge in [-0.25, -0.2) is 0 Å². The Balaban J connectivity index is 2.50. The summed E-state index contributed by atoms with van der Waals surface area (Å²) in [5, 5.41) is 1.00. The van der Waals surface area contributed by atoms with Crippen molar-refractivity contribution < 1.29 is 14.3 Å². The van der Waals surface area contributed by atoms with Crippen LogP contribution in [0.25, 0.3) is 0 Å². The van der Waals surface area contributed by atoms with Crippen molar-refractivity contribution >= 4 is 19.7 Å². The average molecular weight is 372 g/mol. The molecule has 0 N–H and O–H groups in total. The predicted octanol–water partition coefficient (Wildman–Crippen LogP) is 5.12. The number of hydrogen-bond donors (Lipinski definition) is 0. The fourth-order valence-corrected chi connectivity index (χ4v) is 4.75. The smallest absolute Gasteiger partial charge is 0.188 e. The maximum atomic E-state index is 12.2. The van der Waals surface area contributed by atoms with Crippen LogP contribution in [0, 0.1) is 13.8 Å². The summed E-state index contributed by atoms with van der Waals surface area (Å²) in [6.45, 7) is 10.4. The van der Waals surface area contributed by atoms with Crippen LogP contribution in [0.3, 0.4) is 0 Å². The monoisotopic (exact) mass is 372 g/mol. The van der Waals surface area contributed by atoms with E-state index in [1.54, 1.807) is 14.0 Å². The first-order valence-electron chi connectivity index (χ1n) is 8.94. The quantitative estimate of drug-likeness (QED) is 0.367. The van der Waals surface area contributed by atoms with Crippen molar-refractivity contribution in [2.45, 2.75) is 46.2 Å². The van der Waals surface area contributed by atoms with Gasteiger partial charge in [-0.1, -0.05) is 58.3 Å². The Hall–Kier alpha value is -1.70. The van der Waals surface area contributed by atoms with Crippen LogP contribution in [-0.4, -0.2) is 19.7 Å². The Bertz CT molecular complexity index is 785. The van der Waals surface area contributed by atoms with Gasteiger partial charge < -0.3 is 9.47 Å². The molecule has 0 amide bonds. The molecule has 0 radical (unpaired) electrons. The molecule has 2 aromatic rings. The molecule has 26 heavy (non-hydrogen) atoms. The minimum atomic E-state index is -0.117. The van der Waals surface area contributed by atoms with E-state index in [1.807, 2.05) is 13.0 Å². The second-order valence-electron chi connectivity index (χ2n) is 6.92. The molecule has 0 bridgehead atoms. The molecule has 2 unspecified atom stereocenters. The highest BCUT2D eigenvalue weighted by molar-refractivity contribution is 7.48. The molecule has 0 aromatic heterocycles. The Morgan fingerprint density at radius 1 is 1.19 bits per heavy atom. The second-order valence-corrected chi connectivity index (χ2v) is 8.81. The van der Waals surface area contributed by atoms with Crippen LogP contribution in [0.1, 0.15) is 54.2 Å². The zero-order chi connectivity index (χ0) is 19.3. The van der Waals surface area contributed by atoms with E-state index in [1.165, 1.54) is 5.56 Å². The number of Topliss-reactive ketones (excluding diaryl/α,β-unsaturated/α-hetero) is 1. The summed E-state index contributed by atoms with van der Waals surface area (Å²) in [6, 6.07) is 12.5. The van der Waals surface area contributed by atoms with E-state index in [9.17, 15) is 4.79 Å². The first kappa shape index (κ1) is 20.6. The Labute approximate surface area is 158 Å². The van der Waals surface area contributed by atoms with E-state index in [0.717, 1.165) is 34.2 Å². The lowest BCUT2D eigenvalue weighted by Gasteiger charge is -2.32. The number of carbonyl (C=O) groups excluding carboxylic acids is 1. The Kier molecular flexibility index (Phi) is 6.97. The average Bonchev–Trinajstić information content (AvgIpc) is 2.61. The van der Waals surface area contributed by atoms with Gasteiger partial charge in [0.05, 0.1) is 0 Å². The topological polar surface area (TPSA) is 35.5 Å². The molecule has 0 aliphatic carbocycles. The van der Waals surface area contributed by atoms with Gasteiger partial charge in [0.25, 0.3) is 0 Å². The number of rotatable bonds is 8. The van der Waals surface area contributed by atoms with Gasteiger partial charge in [0.15, 0.2) is 12.6 Å². The van der Waals surface area contributed by atoms with Gasteiger partial charge >= 0.3 is 0 Å². The third-order valence-corrected chi connectivity index (χ3v) is 6.68. The van der Waals surface area contributed by atoms with Gasteiger partial charge in [0.2, 0.25) is 0 Å². The van der Waals surface area contributed by atoms with E-state index in [-0.39, 0.29) is 17.7 Å². The summed E-state index contributed by atoms with van der Waals surface area (Å²) in [5.74, 6) is 1.01. The summed E-state index contributed by atoms with van der Waals surface area (Å²) in [4.78, 5) is 12.2. The summed E-state index contributed by atoms with van der Waals surface area (Å²) in [6.07, 6.45) is 0.948. The third-order valence-electron chi connectivity index (χ3n) is 4.80. The van der Waals surface area contributed by atoms with Gasteiger partial charge in [0, 0.05) is 23.4 Å². The standard InChI is InChI=1S/C22H29O3P/c1-7-22(5,19-10-8-9-16(3)21(19)25-14-24-6)26-20-12-11-15(2)13-18(20)17(4)23/h8-13,26H,7,14H2,1-6H3. The number of ketones is 1. The fourth-order valence-electron chi connectivity index (χ4n) is 3.10. The van der Waals surface area contributed by atoms with Crippen molar-refractivity contribution in [3.8, 4) is 5.75 Å². The highest BCUT2D eigenvalue weighted by Crippen LogP contribution is 2.48. The highest BCUT2D eigenvalue weighted by atomic mass is 31.1.